The fourth-order valence-corrected chi connectivity index (χ4v) is 1.35. The number of nitrogens with zero attached hydrogens (tertiary/aromatic N) is 1. The van der Waals surface area contributed by atoms with Crippen molar-refractivity contribution in [3.8, 4) is 0 Å². The first-order valence-corrected chi connectivity index (χ1v) is 5.69. The Balaban J connectivity index is 4.56. The number of nitrogens with two attached hydrogens (primary N) is 1. The van der Waals surface area contributed by atoms with Gasteiger partial charge in [0.15, 0.2) is 0 Å². The van der Waals surface area contributed by atoms with Crippen molar-refractivity contribution in [1.82, 2.24) is 10.2 Å². The van der Waals surface area contributed by atoms with E-state index in [4.69, 9.17) is 18.0 Å². The number of hydrogen-bond acceptors (Lipinski definition) is 2. The summed E-state index contributed by atoms with van der Waals surface area (Å²) in [4.78, 5) is 13.8. The molecule has 0 fully saturated rings. The maximum atomic E-state index is 11.8. The summed E-state index contributed by atoms with van der Waals surface area (Å²) >= 11 is 4.95. The Morgan fingerprint density at radius 1 is 1.40 bits per heavy atom. The molecular weight excluding hydrogens is 210 g/mol. The quantitative estimate of drug-likeness (QED) is 0.705. The second-order valence-electron chi connectivity index (χ2n) is 3.65. The number of carbonyl (C=O) groups is 1. The molecule has 0 aromatic rings. The lowest BCUT2D eigenvalue weighted by Crippen LogP contribution is -2.57. The van der Waals surface area contributed by atoms with Gasteiger partial charge < -0.3 is 16.0 Å². The van der Waals surface area contributed by atoms with Crippen LogP contribution in [0.4, 0.5) is 4.79 Å². The van der Waals surface area contributed by atoms with Gasteiger partial charge in [0.05, 0.1) is 10.5 Å². The maximum absolute atomic E-state index is 11.8. The summed E-state index contributed by atoms with van der Waals surface area (Å²) in [6, 6.07) is -0.114. The average molecular weight is 231 g/mol. The van der Waals surface area contributed by atoms with Crippen molar-refractivity contribution in [3.63, 3.8) is 0 Å². The van der Waals surface area contributed by atoms with Gasteiger partial charge in [-0.25, -0.2) is 4.79 Å². The van der Waals surface area contributed by atoms with Crippen LogP contribution in [0, 0.1) is 0 Å². The highest BCUT2D eigenvalue weighted by atomic mass is 32.1. The summed E-state index contributed by atoms with van der Waals surface area (Å²) in [6.45, 7) is 9.03. The molecule has 88 valence electrons. The van der Waals surface area contributed by atoms with Gasteiger partial charge >= 0.3 is 6.03 Å². The fraction of sp³-hybridized carbons (Fsp3) is 0.800. The lowest BCUT2D eigenvalue weighted by Gasteiger charge is -2.31. The molecule has 0 aliphatic rings. The molecule has 0 aliphatic carbocycles. The molecule has 0 bridgehead atoms. The van der Waals surface area contributed by atoms with Crippen LogP contribution < -0.4 is 11.1 Å². The van der Waals surface area contributed by atoms with Crippen LogP contribution in [0.3, 0.4) is 0 Å². The highest BCUT2D eigenvalue weighted by Gasteiger charge is 2.28. The Bertz CT molecular complexity index is 241. The molecule has 1 unspecified atom stereocenters. The maximum Gasteiger partial charge on any atom is 0.318 e. The van der Waals surface area contributed by atoms with Crippen LogP contribution in [0.25, 0.3) is 0 Å². The van der Waals surface area contributed by atoms with E-state index in [1.807, 2.05) is 27.7 Å². The lowest BCUT2D eigenvalue weighted by molar-refractivity contribution is 0.196. The Morgan fingerprint density at radius 3 is 2.13 bits per heavy atom. The third-order valence-electron chi connectivity index (χ3n) is 2.68. The Labute approximate surface area is 97.2 Å². The molecule has 0 spiro atoms. The van der Waals surface area contributed by atoms with Gasteiger partial charge in [0.1, 0.15) is 0 Å². The molecule has 0 saturated carbocycles. The molecule has 1 atom stereocenters. The van der Waals surface area contributed by atoms with Crippen molar-refractivity contribution in [1.29, 1.82) is 0 Å². The molecule has 5 heteroatoms. The van der Waals surface area contributed by atoms with Crippen LogP contribution >= 0.6 is 12.2 Å². The summed E-state index contributed by atoms with van der Waals surface area (Å²) in [7, 11) is 0. The lowest BCUT2D eigenvalue weighted by atomic mass is 9.99. The second-order valence-corrected chi connectivity index (χ2v) is 4.09. The summed E-state index contributed by atoms with van der Waals surface area (Å²) in [5.74, 6) is 0. The first-order valence-electron chi connectivity index (χ1n) is 5.28. The van der Waals surface area contributed by atoms with Crippen LogP contribution in [-0.4, -0.2) is 34.5 Å². The Kier molecular flexibility index (Phi) is 5.57. The van der Waals surface area contributed by atoms with E-state index in [0.717, 1.165) is 0 Å². The summed E-state index contributed by atoms with van der Waals surface area (Å²) in [5.41, 5.74) is 5.02. The summed E-state index contributed by atoms with van der Waals surface area (Å²) in [5, 5.41) is 2.87. The molecule has 0 heterocycles. The van der Waals surface area contributed by atoms with Crippen molar-refractivity contribution < 1.29 is 4.79 Å². The predicted octanol–water partition coefficient (Wildman–Crippen LogP) is 1.49. The zero-order valence-electron chi connectivity index (χ0n) is 9.96. The van der Waals surface area contributed by atoms with Crippen molar-refractivity contribution in [2.24, 2.45) is 5.73 Å². The van der Waals surface area contributed by atoms with E-state index in [1.165, 1.54) is 0 Å². The van der Waals surface area contributed by atoms with Gasteiger partial charge in [-0.2, -0.15) is 0 Å². The highest BCUT2D eigenvalue weighted by molar-refractivity contribution is 7.80. The molecule has 4 nitrogen and oxygen atoms in total. The Morgan fingerprint density at radius 2 is 1.87 bits per heavy atom. The third kappa shape index (κ3) is 3.66. The average Bonchev–Trinajstić information content (AvgIpc) is 2.19. The molecule has 2 amide bonds. The molecule has 0 aliphatic heterocycles. The zero-order valence-corrected chi connectivity index (χ0v) is 10.8. The van der Waals surface area contributed by atoms with E-state index in [2.05, 4.69) is 5.32 Å². The summed E-state index contributed by atoms with van der Waals surface area (Å²) in [6.07, 6.45) is 0.690. The normalized spacial score (nSPS) is 14.1. The fourth-order valence-electron chi connectivity index (χ4n) is 1.15. The van der Waals surface area contributed by atoms with E-state index >= 15 is 0 Å². The minimum Gasteiger partial charge on any atom is -0.391 e. The minimum absolute atomic E-state index is 0.114. The van der Waals surface area contributed by atoms with Gasteiger partial charge in [-0.1, -0.05) is 19.1 Å². The van der Waals surface area contributed by atoms with Crippen LogP contribution in [0.15, 0.2) is 0 Å². The SMILES string of the molecule is CCN(CC)C(=O)NC(C)(CC)C(N)=S. The van der Waals surface area contributed by atoms with E-state index in [1.54, 1.807) is 4.90 Å². The van der Waals surface area contributed by atoms with Crippen LogP contribution in [0.5, 0.6) is 0 Å². The van der Waals surface area contributed by atoms with Crippen molar-refractivity contribution in [2.75, 3.05) is 13.1 Å². The van der Waals surface area contributed by atoms with E-state index < -0.39 is 5.54 Å². The number of hydrogen-bond donors (Lipinski definition) is 2. The number of carbonyl (C=O) groups excluding carboxylic acids is 1. The van der Waals surface area contributed by atoms with Crippen molar-refractivity contribution >= 4 is 23.2 Å². The van der Waals surface area contributed by atoms with Crippen molar-refractivity contribution in [2.45, 2.75) is 39.7 Å². The van der Waals surface area contributed by atoms with Crippen LogP contribution in [0.2, 0.25) is 0 Å². The predicted molar refractivity (Wildman–Crippen MR) is 66.9 cm³/mol. The third-order valence-corrected chi connectivity index (χ3v) is 3.13. The van der Waals surface area contributed by atoms with Gasteiger partial charge in [-0.3, -0.25) is 0 Å². The monoisotopic (exact) mass is 231 g/mol. The standard InChI is InChI=1S/C10H21N3OS/c1-5-10(4,8(11)15)12-9(14)13(6-2)7-3/h5-7H2,1-4H3,(H2,11,15)(H,12,14). The van der Waals surface area contributed by atoms with Crippen molar-refractivity contribution in [3.05, 3.63) is 0 Å². The van der Waals surface area contributed by atoms with Gasteiger partial charge in [0.2, 0.25) is 0 Å². The number of rotatable bonds is 5. The van der Waals surface area contributed by atoms with Gasteiger partial charge in [-0.05, 0) is 27.2 Å². The van der Waals surface area contributed by atoms with Gasteiger partial charge in [0.25, 0.3) is 0 Å². The highest BCUT2D eigenvalue weighted by Crippen LogP contribution is 2.10. The zero-order chi connectivity index (χ0) is 12.1. The first-order chi connectivity index (χ1) is 6.91. The number of urea groups is 1. The summed E-state index contributed by atoms with van der Waals surface area (Å²) < 4.78 is 0. The molecule has 0 aromatic heterocycles. The van der Waals surface area contributed by atoms with Crippen LogP contribution in [0.1, 0.15) is 34.1 Å². The van der Waals surface area contributed by atoms with E-state index in [0.29, 0.717) is 24.5 Å². The molecule has 0 aromatic carbocycles. The topological polar surface area (TPSA) is 58.4 Å². The molecule has 3 N–H and O–H groups in total. The van der Waals surface area contributed by atoms with E-state index in [9.17, 15) is 4.79 Å². The van der Waals surface area contributed by atoms with Gasteiger partial charge in [0, 0.05) is 13.1 Å². The minimum atomic E-state index is -0.588. The molecule has 15 heavy (non-hydrogen) atoms. The smallest absolute Gasteiger partial charge is 0.318 e. The van der Waals surface area contributed by atoms with Gasteiger partial charge in [-0.15, -0.1) is 0 Å². The molecular formula is C10H21N3OS. The number of nitrogens with one attached hydrogen (secondary N) is 1. The van der Waals surface area contributed by atoms with E-state index in [-0.39, 0.29) is 6.03 Å². The second kappa shape index (κ2) is 5.90. The van der Waals surface area contributed by atoms with Crippen LogP contribution in [-0.2, 0) is 0 Å². The first kappa shape index (κ1) is 14.2. The number of thiocarbonyl (C=S) groups is 1. The molecule has 0 saturated heterocycles. The molecule has 0 rings (SSSR count). The Hall–Kier alpha value is -0.840. The number of amides is 2. The molecule has 0 radical (unpaired) electrons. The largest absolute Gasteiger partial charge is 0.391 e.